The lowest BCUT2D eigenvalue weighted by Gasteiger charge is -2.34. The van der Waals surface area contributed by atoms with E-state index in [2.05, 4.69) is 11.8 Å². The number of carbonyl (C=O) groups is 1. The quantitative estimate of drug-likeness (QED) is 0.713. The van der Waals surface area contributed by atoms with E-state index in [0.717, 1.165) is 32.7 Å². The monoisotopic (exact) mass is 258 g/mol. The molecule has 2 unspecified atom stereocenters. The Kier molecular flexibility index (Phi) is 6.05. The maximum absolute atomic E-state index is 11.7. The zero-order valence-electron chi connectivity index (χ0n) is 11.8. The Bertz CT molecular complexity index is 269. The lowest BCUT2D eigenvalue weighted by atomic mass is 9.99. The van der Waals surface area contributed by atoms with Crippen LogP contribution in [-0.4, -0.2) is 55.4 Å². The second-order valence-electron chi connectivity index (χ2n) is 5.09. The van der Waals surface area contributed by atoms with Crippen LogP contribution in [0.25, 0.3) is 0 Å². The van der Waals surface area contributed by atoms with Gasteiger partial charge in [0, 0.05) is 19.6 Å². The molecule has 0 spiro atoms. The summed E-state index contributed by atoms with van der Waals surface area (Å²) in [5.74, 6) is -0.315. The lowest BCUT2D eigenvalue weighted by Crippen LogP contribution is -2.50. The highest BCUT2D eigenvalue weighted by molar-refractivity contribution is 5.79. The van der Waals surface area contributed by atoms with E-state index < -0.39 is 5.54 Å². The molecular formula is C13H26N2O3. The zero-order chi connectivity index (χ0) is 13.6. The molecule has 0 aromatic carbocycles. The smallest absolute Gasteiger partial charge is 0.325 e. The van der Waals surface area contributed by atoms with Crippen LogP contribution in [-0.2, 0) is 14.3 Å². The van der Waals surface area contributed by atoms with Crippen LogP contribution in [0, 0.1) is 0 Å². The predicted octanol–water partition coefficient (Wildman–Crippen LogP) is 0.768. The molecule has 1 aliphatic rings. The summed E-state index contributed by atoms with van der Waals surface area (Å²) in [5.41, 5.74) is 5.11. The first-order chi connectivity index (χ1) is 8.49. The van der Waals surface area contributed by atoms with Crippen molar-refractivity contribution in [1.29, 1.82) is 0 Å². The van der Waals surface area contributed by atoms with Gasteiger partial charge in [0.15, 0.2) is 0 Å². The number of nitrogens with zero attached hydrogens (tertiary/aromatic N) is 1. The Morgan fingerprint density at radius 2 is 2.28 bits per heavy atom. The Morgan fingerprint density at radius 1 is 1.56 bits per heavy atom. The van der Waals surface area contributed by atoms with Gasteiger partial charge in [0.25, 0.3) is 0 Å². The van der Waals surface area contributed by atoms with E-state index in [1.54, 1.807) is 13.8 Å². The summed E-state index contributed by atoms with van der Waals surface area (Å²) in [6.07, 6.45) is 1.95. The average molecular weight is 258 g/mol. The molecule has 0 aromatic rings. The lowest BCUT2D eigenvalue weighted by molar-refractivity contribution is -0.149. The molecule has 18 heavy (non-hydrogen) atoms. The fourth-order valence-corrected chi connectivity index (χ4v) is 2.02. The Morgan fingerprint density at radius 3 is 2.89 bits per heavy atom. The van der Waals surface area contributed by atoms with Crippen LogP contribution in [0.15, 0.2) is 0 Å². The molecule has 106 valence electrons. The van der Waals surface area contributed by atoms with Crippen molar-refractivity contribution in [1.82, 2.24) is 4.90 Å². The predicted molar refractivity (Wildman–Crippen MR) is 70.3 cm³/mol. The number of esters is 1. The second-order valence-corrected chi connectivity index (χ2v) is 5.09. The van der Waals surface area contributed by atoms with Crippen molar-refractivity contribution >= 4 is 5.97 Å². The first kappa shape index (κ1) is 15.4. The molecule has 1 rings (SSSR count). The number of rotatable bonds is 6. The highest BCUT2D eigenvalue weighted by Gasteiger charge is 2.31. The molecule has 2 N–H and O–H groups in total. The second kappa shape index (κ2) is 7.07. The Balaban J connectivity index is 2.37. The standard InChI is InChI=1S/C13H26N2O3/c1-4-11-10-15(8-9-18-11)7-6-13(3,14)12(16)17-5-2/h11H,4-10,14H2,1-3H3. The van der Waals surface area contributed by atoms with Gasteiger partial charge in [0.1, 0.15) is 5.54 Å². The summed E-state index contributed by atoms with van der Waals surface area (Å²) in [7, 11) is 0. The minimum atomic E-state index is -0.893. The maximum Gasteiger partial charge on any atom is 0.325 e. The van der Waals surface area contributed by atoms with Crippen molar-refractivity contribution < 1.29 is 14.3 Å². The van der Waals surface area contributed by atoms with Crippen LogP contribution in [0.4, 0.5) is 0 Å². The molecule has 1 aliphatic heterocycles. The molecule has 1 fully saturated rings. The van der Waals surface area contributed by atoms with Gasteiger partial charge in [-0.1, -0.05) is 6.92 Å². The summed E-state index contributed by atoms with van der Waals surface area (Å²) < 4.78 is 10.6. The van der Waals surface area contributed by atoms with E-state index in [1.807, 2.05) is 0 Å². The van der Waals surface area contributed by atoms with Crippen LogP contribution < -0.4 is 5.73 Å². The number of morpholine rings is 1. The van der Waals surface area contributed by atoms with Gasteiger partial charge in [0.2, 0.25) is 0 Å². The van der Waals surface area contributed by atoms with Crippen LogP contribution in [0.3, 0.4) is 0 Å². The summed E-state index contributed by atoms with van der Waals surface area (Å²) in [6, 6.07) is 0. The van der Waals surface area contributed by atoms with Crippen molar-refractivity contribution in [3.63, 3.8) is 0 Å². The van der Waals surface area contributed by atoms with E-state index in [0.29, 0.717) is 19.1 Å². The van der Waals surface area contributed by atoms with Crippen LogP contribution in [0.5, 0.6) is 0 Å². The van der Waals surface area contributed by atoms with Gasteiger partial charge >= 0.3 is 5.97 Å². The van der Waals surface area contributed by atoms with Crippen molar-refractivity contribution in [2.24, 2.45) is 5.73 Å². The minimum Gasteiger partial charge on any atom is -0.465 e. The fourth-order valence-electron chi connectivity index (χ4n) is 2.02. The third kappa shape index (κ3) is 4.55. The van der Waals surface area contributed by atoms with E-state index in [9.17, 15) is 4.79 Å². The SMILES string of the molecule is CCOC(=O)C(C)(N)CCN1CCOC(CC)C1. The van der Waals surface area contributed by atoms with Gasteiger partial charge in [-0.25, -0.2) is 0 Å². The number of hydrogen-bond donors (Lipinski definition) is 1. The first-order valence-electron chi connectivity index (χ1n) is 6.79. The normalized spacial score (nSPS) is 24.6. The largest absolute Gasteiger partial charge is 0.465 e. The van der Waals surface area contributed by atoms with E-state index in [-0.39, 0.29) is 5.97 Å². The van der Waals surface area contributed by atoms with Crippen molar-refractivity contribution in [2.45, 2.75) is 45.3 Å². The fraction of sp³-hybridized carbons (Fsp3) is 0.923. The number of nitrogens with two attached hydrogens (primary N) is 1. The van der Waals surface area contributed by atoms with Gasteiger partial charge < -0.3 is 15.2 Å². The summed E-state index contributed by atoms with van der Waals surface area (Å²) in [6.45, 7) is 9.45. The molecule has 0 bridgehead atoms. The maximum atomic E-state index is 11.7. The van der Waals surface area contributed by atoms with Crippen molar-refractivity contribution in [3.05, 3.63) is 0 Å². The molecule has 0 amide bonds. The molecule has 1 heterocycles. The number of hydrogen-bond acceptors (Lipinski definition) is 5. The summed E-state index contributed by atoms with van der Waals surface area (Å²) >= 11 is 0. The molecule has 2 atom stereocenters. The molecule has 0 aliphatic carbocycles. The number of ether oxygens (including phenoxy) is 2. The van der Waals surface area contributed by atoms with Gasteiger partial charge in [-0.2, -0.15) is 0 Å². The topological polar surface area (TPSA) is 64.8 Å². The van der Waals surface area contributed by atoms with E-state index >= 15 is 0 Å². The van der Waals surface area contributed by atoms with Gasteiger partial charge in [-0.05, 0) is 26.7 Å². The third-order valence-corrected chi connectivity index (χ3v) is 3.37. The molecule has 0 saturated carbocycles. The summed E-state index contributed by atoms with van der Waals surface area (Å²) in [4.78, 5) is 14.0. The van der Waals surface area contributed by atoms with Crippen molar-refractivity contribution in [2.75, 3.05) is 32.8 Å². The molecule has 1 saturated heterocycles. The van der Waals surface area contributed by atoms with Gasteiger partial charge in [0.05, 0.1) is 19.3 Å². The first-order valence-corrected chi connectivity index (χ1v) is 6.79. The molecular weight excluding hydrogens is 232 g/mol. The van der Waals surface area contributed by atoms with Crippen LogP contribution in [0.2, 0.25) is 0 Å². The third-order valence-electron chi connectivity index (χ3n) is 3.37. The summed E-state index contributed by atoms with van der Waals surface area (Å²) in [5, 5.41) is 0. The van der Waals surface area contributed by atoms with E-state index in [1.165, 1.54) is 0 Å². The highest BCUT2D eigenvalue weighted by Crippen LogP contribution is 2.13. The Labute approximate surface area is 110 Å². The van der Waals surface area contributed by atoms with Crippen molar-refractivity contribution in [3.8, 4) is 0 Å². The molecule has 0 radical (unpaired) electrons. The zero-order valence-corrected chi connectivity index (χ0v) is 11.8. The van der Waals surface area contributed by atoms with Gasteiger partial charge in [-0.15, -0.1) is 0 Å². The van der Waals surface area contributed by atoms with Crippen LogP contribution >= 0.6 is 0 Å². The molecule has 5 nitrogen and oxygen atoms in total. The Hall–Kier alpha value is -0.650. The number of carbonyl (C=O) groups excluding carboxylic acids is 1. The molecule has 0 aromatic heterocycles. The minimum absolute atomic E-state index is 0.311. The highest BCUT2D eigenvalue weighted by atomic mass is 16.5. The van der Waals surface area contributed by atoms with Crippen LogP contribution in [0.1, 0.15) is 33.6 Å². The molecule has 5 heteroatoms. The van der Waals surface area contributed by atoms with E-state index in [4.69, 9.17) is 15.2 Å². The van der Waals surface area contributed by atoms with Gasteiger partial charge in [-0.3, -0.25) is 9.69 Å². The average Bonchev–Trinajstić information content (AvgIpc) is 2.37.